The fourth-order valence-electron chi connectivity index (χ4n) is 16.8. The van der Waals surface area contributed by atoms with E-state index in [0.29, 0.717) is 0 Å². The van der Waals surface area contributed by atoms with Crippen molar-refractivity contribution in [3.63, 3.8) is 0 Å². The average molecular weight is 1400 g/mol. The molecule has 15 aromatic carbocycles. The van der Waals surface area contributed by atoms with Gasteiger partial charge in [0.1, 0.15) is 0 Å². The maximum atomic E-state index is 2.74. The summed E-state index contributed by atoms with van der Waals surface area (Å²) in [5, 5.41) is 0. The molecule has 15 aromatic rings. The molecule has 0 unspecified atom stereocenters. The molecule has 0 radical (unpaired) electrons. The first kappa shape index (κ1) is 65.1. The van der Waals surface area contributed by atoms with Gasteiger partial charge in [0, 0.05) is 93.1 Å². The van der Waals surface area contributed by atoms with Crippen LogP contribution in [0.2, 0.25) is 0 Å². The van der Waals surface area contributed by atoms with Gasteiger partial charge in [0.05, 0.1) is 11.4 Å². The largest absolute Gasteiger partial charge is 0.311 e. The summed E-state index contributed by atoms with van der Waals surface area (Å²) in [4.78, 5) is 15.2. The minimum Gasteiger partial charge on any atom is -0.311 e. The Balaban J connectivity index is 0.920. The lowest BCUT2D eigenvalue weighted by atomic mass is 9.31. The van der Waals surface area contributed by atoms with E-state index in [4.69, 9.17) is 0 Å². The molecule has 0 saturated carbocycles. The van der Waals surface area contributed by atoms with Gasteiger partial charge in [-0.05, 0) is 169 Å². The van der Waals surface area contributed by atoms with Crippen LogP contribution in [0.3, 0.4) is 0 Å². The number of hydrogen-bond acceptors (Lipinski definition) is 6. The van der Waals surface area contributed by atoms with Crippen molar-refractivity contribution in [3.05, 3.63) is 363 Å². The monoisotopic (exact) mass is 1390 g/mol. The normalized spacial score (nSPS) is 13.0. The molecule has 0 saturated heterocycles. The van der Waals surface area contributed by atoms with Crippen molar-refractivity contribution in [2.45, 2.75) is 72.0 Å². The zero-order chi connectivity index (χ0) is 71.4. The third-order valence-corrected chi connectivity index (χ3v) is 24.1. The van der Waals surface area contributed by atoms with Crippen molar-refractivity contribution >= 4 is 138 Å². The van der Waals surface area contributed by atoms with E-state index < -0.39 is 0 Å². The van der Waals surface area contributed by atoms with E-state index in [1.54, 1.807) is 0 Å². The summed E-state index contributed by atoms with van der Waals surface area (Å²) in [5.41, 5.74) is 33.0. The first-order valence-electron chi connectivity index (χ1n) is 36.9. The SMILES string of the molecule is CC(C)(C)c1ccc(-c2cccc(-c3ccc(C(C)(C)C)cc3)c2N2c3cc4c(cc3B3c5ccccc5Sc5cc(N(c6ccc(-c7ccccc7)cc6)c6ccccc6-c6ccccc6)cc2c53)B2c3ccccc3N(c3ccccc3)c3cc(N(c5ccccc5)c5ccccc5)cc(c32)S4)cc1. The molecule has 106 heavy (non-hydrogen) atoms. The van der Waals surface area contributed by atoms with Crippen molar-refractivity contribution in [3.8, 4) is 44.5 Å². The average Bonchev–Trinajstić information content (AvgIpc) is 0.690. The van der Waals surface area contributed by atoms with Gasteiger partial charge in [0.25, 0.3) is 0 Å². The minimum atomic E-state index is -0.144. The zero-order valence-electron chi connectivity index (χ0n) is 60.2. The quantitative estimate of drug-likeness (QED) is 0.112. The van der Waals surface area contributed by atoms with Gasteiger partial charge in [-0.2, -0.15) is 0 Å². The molecule has 4 nitrogen and oxygen atoms in total. The van der Waals surface area contributed by atoms with Gasteiger partial charge in [-0.1, -0.05) is 331 Å². The summed E-state index contributed by atoms with van der Waals surface area (Å²) in [5.74, 6) is 0. The van der Waals surface area contributed by atoms with Crippen LogP contribution < -0.4 is 52.4 Å². The molecule has 4 heterocycles. The molecule has 0 spiro atoms. The van der Waals surface area contributed by atoms with E-state index in [0.717, 1.165) is 90.3 Å². The molecule has 4 aliphatic heterocycles. The summed E-state index contributed by atoms with van der Waals surface area (Å²) in [7, 11) is 0. The lowest BCUT2D eigenvalue weighted by Gasteiger charge is -2.44. The maximum absolute atomic E-state index is 2.74. The molecular weight excluding hydrogens is 1320 g/mol. The van der Waals surface area contributed by atoms with Crippen LogP contribution in [0.5, 0.6) is 0 Å². The third kappa shape index (κ3) is 11.3. The first-order valence-corrected chi connectivity index (χ1v) is 38.6. The van der Waals surface area contributed by atoms with Crippen molar-refractivity contribution < 1.29 is 0 Å². The molecule has 19 rings (SSSR count). The summed E-state index contributed by atoms with van der Waals surface area (Å²) < 4.78 is 0. The first-order chi connectivity index (χ1) is 51.9. The predicted octanol–water partition coefficient (Wildman–Crippen LogP) is 23.4. The summed E-state index contributed by atoms with van der Waals surface area (Å²) >= 11 is 3.84. The van der Waals surface area contributed by atoms with Gasteiger partial charge in [-0.15, -0.1) is 0 Å². The molecule has 0 aliphatic carbocycles. The van der Waals surface area contributed by atoms with Crippen LogP contribution in [0.1, 0.15) is 52.7 Å². The highest BCUT2D eigenvalue weighted by atomic mass is 32.2. The van der Waals surface area contributed by atoms with Gasteiger partial charge in [-0.3, -0.25) is 0 Å². The van der Waals surface area contributed by atoms with Crippen LogP contribution in [0, 0.1) is 0 Å². The molecule has 506 valence electrons. The molecule has 8 heteroatoms. The summed E-state index contributed by atoms with van der Waals surface area (Å²) in [6.07, 6.45) is 0. The Morgan fingerprint density at radius 3 is 1.29 bits per heavy atom. The number of hydrogen-bond donors (Lipinski definition) is 0. The Bertz CT molecular complexity index is 5750. The number of rotatable bonds is 12. The number of anilines is 12. The molecule has 0 amide bonds. The highest BCUT2D eigenvalue weighted by Gasteiger charge is 2.47. The zero-order valence-corrected chi connectivity index (χ0v) is 61.9. The lowest BCUT2D eigenvalue weighted by Crippen LogP contribution is -2.64. The van der Waals surface area contributed by atoms with Crippen molar-refractivity contribution in [2.24, 2.45) is 0 Å². The van der Waals surface area contributed by atoms with Gasteiger partial charge in [-0.25, -0.2) is 0 Å². The Morgan fingerprint density at radius 2 is 0.698 bits per heavy atom. The number of nitrogens with zero attached hydrogens (tertiary/aromatic N) is 4. The third-order valence-electron chi connectivity index (χ3n) is 21.9. The van der Waals surface area contributed by atoms with Crippen molar-refractivity contribution in [1.82, 2.24) is 0 Å². The van der Waals surface area contributed by atoms with Gasteiger partial charge in [0.15, 0.2) is 0 Å². The topological polar surface area (TPSA) is 13.0 Å². The van der Waals surface area contributed by atoms with Crippen LogP contribution in [0.15, 0.2) is 371 Å². The molecule has 0 atom stereocenters. The molecule has 0 aromatic heterocycles. The number of para-hydroxylation sites is 6. The van der Waals surface area contributed by atoms with Crippen LogP contribution >= 0.6 is 23.5 Å². The molecule has 4 aliphatic rings. The highest BCUT2D eigenvalue weighted by molar-refractivity contribution is 8.00. The molecule has 0 fully saturated rings. The van der Waals surface area contributed by atoms with E-state index >= 15 is 0 Å². The lowest BCUT2D eigenvalue weighted by molar-refractivity contribution is 0.590. The highest BCUT2D eigenvalue weighted by Crippen LogP contribution is 2.54. The Labute approximate surface area is 632 Å². The second kappa shape index (κ2) is 26.2. The Hall–Kier alpha value is -11.7. The van der Waals surface area contributed by atoms with Crippen LogP contribution in [-0.2, 0) is 10.8 Å². The van der Waals surface area contributed by atoms with E-state index in [1.807, 2.05) is 23.5 Å². The predicted molar refractivity (Wildman–Crippen MR) is 455 cm³/mol. The van der Waals surface area contributed by atoms with Crippen molar-refractivity contribution in [2.75, 3.05) is 19.6 Å². The maximum Gasteiger partial charge on any atom is 0.249 e. The Morgan fingerprint density at radius 1 is 0.264 bits per heavy atom. The fraction of sp³-hybridized carbons (Fsp3) is 0.0816. The second-order valence-corrected chi connectivity index (χ2v) is 32.5. The van der Waals surface area contributed by atoms with E-state index in [9.17, 15) is 0 Å². The van der Waals surface area contributed by atoms with Gasteiger partial charge >= 0.3 is 0 Å². The van der Waals surface area contributed by atoms with Crippen LogP contribution in [0.25, 0.3) is 44.5 Å². The standard InChI is InChI=1S/C98H76B2N4S2/c1-97(2,3)70-53-47-68(48-54-70)79-40-28-41-80(69-49-55-71(56-50-69)98(4,5)6)96(79)104-87-64-91-84(99-81-42-23-26-45-86(81)103(74-37-20-11-21-38-74)88-59-76(61-93(106-91)94(88)99)101(72-33-16-9-17-34-72)73-35-18-10-19-36-73)63-83(87)100-82-43-24-27-46-90(82)105-92-62-77(60-89(104)95(92)100)102(75-57-51-66(52-58-75)65-29-12-7-13-30-65)85-44-25-22-39-78(85)67-31-14-8-15-32-67/h7-64H,1-6H3. The second-order valence-electron chi connectivity index (χ2n) is 30.4. The van der Waals surface area contributed by atoms with Crippen molar-refractivity contribution in [1.29, 1.82) is 0 Å². The van der Waals surface area contributed by atoms with E-state index in [-0.39, 0.29) is 24.3 Å². The summed E-state index contributed by atoms with van der Waals surface area (Å²) in [6.45, 7) is 13.6. The molecular formula is C98H76B2N4S2. The van der Waals surface area contributed by atoms with Gasteiger partial charge < -0.3 is 19.6 Å². The number of fused-ring (bicyclic) bond motifs is 8. The smallest absolute Gasteiger partial charge is 0.249 e. The van der Waals surface area contributed by atoms with Gasteiger partial charge in [0.2, 0.25) is 13.4 Å². The van der Waals surface area contributed by atoms with Crippen LogP contribution in [-0.4, -0.2) is 13.4 Å². The molecule has 0 bridgehead atoms. The minimum absolute atomic E-state index is 0.0455. The molecule has 0 N–H and O–H groups in total. The Kier molecular flexibility index (Phi) is 16.1. The summed E-state index contributed by atoms with van der Waals surface area (Å²) in [6, 6.07) is 132. The van der Waals surface area contributed by atoms with Crippen LogP contribution in [0.4, 0.5) is 68.2 Å². The number of benzene rings is 15. The van der Waals surface area contributed by atoms with E-state index in [2.05, 4.69) is 413 Å². The fourth-order valence-corrected chi connectivity index (χ4v) is 19.2. The van der Waals surface area contributed by atoms with E-state index in [1.165, 1.54) is 86.0 Å².